The second-order valence-electron chi connectivity index (χ2n) is 6.29. The third-order valence-corrected chi connectivity index (χ3v) is 5.42. The molecule has 5 heteroatoms. The predicted molar refractivity (Wildman–Crippen MR) is 106 cm³/mol. The zero-order chi connectivity index (χ0) is 17.9. The van der Waals surface area contributed by atoms with Gasteiger partial charge in [0.2, 0.25) is 0 Å². The number of carbonyl (C=O) groups excluding carboxylic acids is 1. The van der Waals surface area contributed by atoms with Gasteiger partial charge in [-0.05, 0) is 55.3 Å². The van der Waals surface area contributed by atoms with Crippen molar-refractivity contribution in [3.8, 4) is 5.69 Å². The Balaban J connectivity index is 1.68. The lowest BCUT2D eigenvalue weighted by Gasteiger charge is -2.11. The fourth-order valence-electron chi connectivity index (χ4n) is 3.35. The van der Waals surface area contributed by atoms with E-state index < -0.39 is 0 Å². The number of aryl methyl sites for hydroxylation is 1. The van der Waals surface area contributed by atoms with Crippen LogP contribution in [0.15, 0.2) is 59.5 Å². The third kappa shape index (κ3) is 3.27. The number of rotatable bonds is 5. The Morgan fingerprint density at radius 1 is 1.15 bits per heavy atom. The van der Waals surface area contributed by atoms with Gasteiger partial charge in [0.15, 0.2) is 0 Å². The monoisotopic (exact) mass is 363 g/mol. The first-order valence-corrected chi connectivity index (χ1v) is 9.95. The van der Waals surface area contributed by atoms with Gasteiger partial charge in [-0.25, -0.2) is 4.68 Å². The summed E-state index contributed by atoms with van der Waals surface area (Å²) in [6, 6.07) is 17.8. The van der Waals surface area contributed by atoms with Gasteiger partial charge in [0, 0.05) is 16.0 Å². The van der Waals surface area contributed by atoms with Crippen LogP contribution in [0.1, 0.15) is 35.0 Å². The van der Waals surface area contributed by atoms with Crippen molar-refractivity contribution in [2.75, 3.05) is 11.1 Å². The van der Waals surface area contributed by atoms with Crippen LogP contribution in [0, 0.1) is 0 Å². The Bertz CT molecular complexity index is 934. The van der Waals surface area contributed by atoms with E-state index in [-0.39, 0.29) is 5.91 Å². The standard InChI is InChI=1S/C21H21N3OS/c1-2-26-17-11-6-8-15(14-17)21(25)22-20-18-12-7-13-19(18)23-24(20)16-9-4-3-5-10-16/h3-6,8-11,14H,2,7,12-13H2,1H3,(H,22,25). The molecular weight excluding hydrogens is 342 g/mol. The van der Waals surface area contributed by atoms with E-state index in [1.165, 1.54) is 5.56 Å². The lowest BCUT2D eigenvalue weighted by Crippen LogP contribution is -2.16. The molecule has 1 aromatic heterocycles. The van der Waals surface area contributed by atoms with E-state index in [1.807, 2.05) is 59.3 Å². The number of anilines is 1. The number of amides is 1. The number of para-hydroxylation sites is 1. The molecule has 1 amide bonds. The highest BCUT2D eigenvalue weighted by Gasteiger charge is 2.24. The largest absolute Gasteiger partial charge is 0.306 e. The minimum atomic E-state index is -0.0877. The first-order chi connectivity index (χ1) is 12.8. The topological polar surface area (TPSA) is 46.9 Å². The average molecular weight is 363 g/mol. The van der Waals surface area contributed by atoms with E-state index in [4.69, 9.17) is 5.10 Å². The molecule has 1 heterocycles. The van der Waals surface area contributed by atoms with E-state index in [1.54, 1.807) is 11.8 Å². The van der Waals surface area contributed by atoms with Crippen molar-refractivity contribution in [1.29, 1.82) is 0 Å². The number of aromatic nitrogens is 2. The van der Waals surface area contributed by atoms with E-state index in [9.17, 15) is 4.79 Å². The maximum atomic E-state index is 12.9. The summed E-state index contributed by atoms with van der Waals surface area (Å²) in [6.07, 6.45) is 3.03. The van der Waals surface area contributed by atoms with E-state index >= 15 is 0 Å². The molecule has 0 atom stereocenters. The normalized spacial score (nSPS) is 12.8. The van der Waals surface area contributed by atoms with Gasteiger partial charge < -0.3 is 5.32 Å². The SMILES string of the molecule is CCSc1cccc(C(=O)Nc2c3c(nn2-c2ccccc2)CCC3)c1. The molecule has 0 aliphatic heterocycles. The second kappa shape index (κ2) is 7.38. The van der Waals surface area contributed by atoms with Crippen LogP contribution in [0.25, 0.3) is 5.69 Å². The second-order valence-corrected chi connectivity index (χ2v) is 7.63. The fourth-order valence-corrected chi connectivity index (χ4v) is 4.07. The van der Waals surface area contributed by atoms with Crippen molar-refractivity contribution >= 4 is 23.5 Å². The van der Waals surface area contributed by atoms with Crippen molar-refractivity contribution < 1.29 is 4.79 Å². The molecule has 1 aliphatic rings. The molecule has 0 saturated heterocycles. The van der Waals surface area contributed by atoms with Gasteiger partial charge in [-0.2, -0.15) is 5.10 Å². The Morgan fingerprint density at radius 3 is 2.81 bits per heavy atom. The number of carbonyl (C=O) groups is 1. The lowest BCUT2D eigenvalue weighted by molar-refractivity contribution is 0.102. The molecule has 1 N–H and O–H groups in total. The number of hydrogen-bond acceptors (Lipinski definition) is 3. The predicted octanol–water partition coefficient (Wildman–Crippen LogP) is 4.73. The van der Waals surface area contributed by atoms with E-state index in [0.29, 0.717) is 5.56 Å². The molecule has 0 saturated carbocycles. The highest BCUT2D eigenvalue weighted by atomic mass is 32.2. The van der Waals surface area contributed by atoms with Gasteiger partial charge in [-0.1, -0.05) is 31.2 Å². The zero-order valence-electron chi connectivity index (χ0n) is 14.7. The highest BCUT2D eigenvalue weighted by Crippen LogP contribution is 2.31. The summed E-state index contributed by atoms with van der Waals surface area (Å²) in [7, 11) is 0. The molecule has 4 nitrogen and oxygen atoms in total. The maximum Gasteiger partial charge on any atom is 0.256 e. The first-order valence-electron chi connectivity index (χ1n) is 8.96. The van der Waals surface area contributed by atoms with Crippen molar-refractivity contribution in [2.45, 2.75) is 31.1 Å². The molecule has 1 aliphatic carbocycles. The van der Waals surface area contributed by atoms with Crippen LogP contribution in [0.5, 0.6) is 0 Å². The smallest absolute Gasteiger partial charge is 0.256 e. The van der Waals surface area contributed by atoms with Gasteiger partial charge in [0.05, 0.1) is 11.4 Å². The molecule has 3 aromatic rings. The summed E-state index contributed by atoms with van der Waals surface area (Å²) in [5.41, 5.74) is 3.91. The number of fused-ring (bicyclic) bond motifs is 1. The third-order valence-electron chi connectivity index (χ3n) is 4.55. The Hall–Kier alpha value is -2.53. The van der Waals surface area contributed by atoms with Crippen molar-refractivity contribution in [3.05, 3.63) is 71.4 Å². The molecule has 4 rings (SSSR count). The minimum absolute atomic E-state index is 0.0877. The van der Waals surface area contributed by atoms with Crippen molar-refractivity contribution in [1.82, 2.24) is 9.78 Å². The Kier molecular flexibility index (Phi) is 4.80. The number of nitrogens with one attached hydrogen (secondary N) is 1. The summed E-state index contributed by atoms with van der Waals surface area (Å²) < 4.78 is 1.87. The molecule has 0 bridgehead atoms. The maximum absolute atomic E-state index is 12.9. The quantitative estimate of drug-likeness (QED) is 0.667. The summed E-state index contributed by atoms with van der Waals surface area (Å²) in [4.78, 5) is 14.0. The molecule has 26 heavy (non-hydrogen) atoms. The van der Waals surface area contributed by atoms with Gasteiger partial charge in [-0.15, -0.1) is 11.8 Å². The number of thioether (sulfide) groups is 1. The van der Waals surface area contributed by atoms with Crippen LogP contribution in [-0.4, -0.2) is 21.4 Å². The Morgan fingerprint density at radius 2 is 2.00 bits per heavy atom. The summed E-state index contributed by atoms with van der Waals surface area (Å²) in [6.45, 7) is 2.11. The number of benzene rings is 2. The average Bonchev–Trinajstić information content (AvgIpc) is 3.26. The Labute approximate surface area is 157 Å². The number of hydrogen-bond donors (Lipinski definition) is 1. The summed E-state index contributed by atoms with van der Waals surface area (Å²) in [5.74, 6) is 1.71. The summed E-state index contributed by atoms with van der Waals surface area (Å²) in [5, 5.41) is 7.88. The van der Waals surface area contributed by atoms with Gasteiger partial charge in [0.25, 0.3) is 5.91 Å². The lowest BCUT2D eigenvalue weighted by atomic mass is 10.2. The van der Waals surface area contributed by atoms with Crippen LogP contribution >= 0.6 is 11.8 Å². The zero-order valence-corrected chi connectivity index (χ0v) is 15.6. The fraction of sp³-hybridized carbons (Fsp3) is 0.238. The van der Waals surface area contributed by atoms with Gasteiger partial charge in [0.1, 0.15) is 5.82 Å². The van der Waals surface area contributed by atoms with Crippen molar-refractivity contribution in [2.24, 2.45) is 0 Å². The van der Waals surface area contributed by atoms with Crippen LogP contribution in [0.2, 0.25) is 0 Å². The molecule has 0 fully saturated rings. The van der Waals surface area contributed by atoms with E-state index in [0.717, 1.165) is 47.1 Å². The van der Waals surface area contributed by atoms with Gasteiger partial charge >= 0.3 is 0 Å². The molecule has 132 valence electrons. The summed E-state index contributed by atoms with van der Waals surface area (Å²) >= 11 is 1.74. The van der Waals surface area contributed by atoms with Crippen LogP contribution in [-0.2, 0) is 12.8 Å². The van der Waals surface area contributed by atoms with Crippen molar-refractivity contribution in [3.63, 3.8) is 0 Å². The van der Waals surface area contributed by atoms with Crippen LogP contribution < -0.4 is 5.32 Å². The highest BCUT2D eigenvalue weighted by molar-refractivity contribution is 7.99. The minimum Gasteiger partial charge on any atom is -0.306 e. The molecular formula is C21H21N3OS. The molecule has 0 unspecified atom stereocenters. The molecule has 0 spiro atoms. The van der Waals surface area contributed by atoms with Gasteiger partial charge in [-0.3, -0.25) is 4.79 Å². The molecule has 0 radical (unpaired) electrons. The first kappa shape index (κ1) is 16.9. The van der Waals surface area contributed by atoms with Crippen LogP contribution in [0.3, 0.4) is 0 Å². The number of nitrogens with zero attached hydrogens (tertiary/aromatic N) is 2. The van der Waals surface area contributed by atoms with Crippen LogP contribution in [0.4, 0.5) is 5.82 Å². The molecule has 2 aromatic carbocycles. The van der Waals surface area contributed by atoms with E-state index in [2.05, 4.69) is 12.2 Å².